The fourth-order valence-electron chi connectivity index (χ4n) is 8.64. The minimum absolute atomic E-state index is 0.880. The lowest BCUT2D eigenvalue weighted by Gasteiger charge is -2.13. The Balaban J connectivity index is 1.22. The third-order valence-corrected chi connectivity index (χ3v) is 11.1. The second-order valence-corrected chi connectivity index (χ2v) is 14.1. The van der Waals surface area contributed by atoms with Gasteiger partial charge in [0.25, 0.3) is 0 Å². The van der Waals surface area contributed by atoms with Gasteiger partial charge in [0, 0.05) is 44.0 Å². The molecule has 0 amide bonds. The lowest BCUT2D eigenvalue weighted by Crippen LogP contribution is -1.97. The van der Waals surface area contributed by atoms with Gasteiger partial charge in [-0.05, 0) is 82.2 Å². The molecule has 4 heteroatoms. The Hall–Kier alpha value is -7.30. The van der Waals surface area contributed by atoms with Gasteiger partial charge in [0.05, 0.1) is 22.4 Å². The van der Waals surface area contributed by atoms with Crippen molar-refractivity contribution in [2.24, 2.45) is 0 Å². The van der Waals surface area contributed by atoms with Crippen LogP contribution in [-0.2, 0) is 0 Å². The number of hydrogen-bond donors (Lipinski definition) is 0. The lowest BCUT2D eigenvalue weighted by atomic mass is 10.1. The summed E-state index contributed by atoms with van der Waals surface area (Å²) in [5, 5.41) is 9.22. The standard InChI is InChI=1S/C50H30N2O2/c1-3-13-33-27-35(25-23-31(33)11-1)51-43(41-19-9-17-39-37-15-5-7-21-47(37)53-49(39)41)29-46-45(51)30-44(52(46)36-26-24-32-12-2-4-14-34(32)28-36)42-20-10-18-40-38-16-6-8-22-48(38)54-50(40)42/h1-30H. The maximum atomic E-state index is 6.67. The first kappa shape index (κ1) is 29.3. The summed E-state index contributed by atoms with van der Waals surface area (Å²) in [7, 11) is 0. The van der Waals surface area contributed by atoms with Crippen molar-refractivity contribution in [3.05, 3.63) is 182 Å². The Kier molecular flexibility index (Phi) is 6.02. The number of para-hydroxylation sites is 4. The number of hydrogen-bond acceptors (Lipinski definition) is 2. The molecule has 4 aromatic heterocycles. The van der Waals surface area contributed by atoms with Crippen LogP contribution in [0.15, 0.2) is 191 Å². The van der Waals surface area contributed by atoms with E-state index >= 15 is 0 Å². The second-order valence-electron chi connectivity index (χ2n) is 14.1. The van der Waals surface area contributed by atoms with E-state index in [2.05, 4.69) is 179 Å². The van der Waals surface area contributed by atoms with Crippen molar-refractivity contribution in [2.75, 3.05) is 0 Å². The number of fused-ring (bicyclic) bond motifs is 9. The van der Waals surface area contributed by atoms with Gasteiger partial charge >= 0.3 is 0 Å². The summed E-state index contributed by atoms with van der Waals surface area (Å²) in [6, 6.07) is 64.9. The zero-order valence-electron chi connectivity index (χ0n) is 29.0. The summed E-state index contributed by atoms with van der Waals surface area (Å²) in [4.78, 5) is 0. The van der Waals surface area contributed by atoms with Crippen molar-refractivity contribution >= 4 is 76.5 Å². The van der Waals surface area contributed by atoms with Crippen LogP contribution >= 0.6 is 0 Å². The van der Waals surface area contributed by atoms with Crippen LogP contribution in [0.1, 0.15) is 0 Å². The van der Waals surface area contributed by atoms with Crippen molar-refractivity contribution in [1.82, 2.24) is 9.13 Å². The number of aromatic nitrogens is 2. The number of rotatable bonds is 4. The van der Waals surface area contributed by atoms with E-state index in [0.717, 1.165) is 88.8 Å². The van der Waals surface area contributed by atoms with Gasteiger partial charge in [-0.2, -0.15) is 0 Å². The zero-order chi connectivity index (χ0) is 35.3. The minimum Gasteiger partial charge on any atom is -0.455 e. The molecule has 0 N–H and O–H groups in total. The fraction of sp³-hybridized carbons (Fsp3) is 0. The van der Waals surface area contributed by atoms with Gasteiger partial charge < -0.3 is 18.0 Å². The van der Waals surface area contributed by atoms with Crippen molar-refractivity contribution in [3.63, 3.8) is 0 Å². The molecule has 0 bridgehead atoms. The van der Waals surface area contributed by atoms with Crippen LogP contribution in [0, 0.1) is 0 Å². The highest BCUT2D eigenvalue weighted by molar-refractivity contribution is 6.12. The maximum Gasteiger partial charge on any atom is 0.144 e. The van der Waals surface area contributed by atoms with Crippen LogP contribution in [0.3, 0.4) is 0 Å². The van der Waals surface area contributed by atoms with Crippen LogP contribution in [0.25, 0.3) is 110 Å². The predicted molar refractivity (Wildman–Crippen MR) is 223 cm³/mol. The van der Waals surface area contributed by atoms with Gasteiger partial charge in [-0.15, -0.1) is 0 Å². The van der Waals surface area contributed by atoms with Gasteiger partial charge in [0.1, 0.15) is 22.3 Å². The molecule has 0 spiro atoms. The van der Waals surface area contributed by atoms with E-state index in [0.29, 0.717) is 0 Å². The molecule has 12 rings (SSSR count). The molecule has 4 heterocycles. The van der Waals surface area contributed by atoms with Crippen molar-refractivity contribution < 1.29 is 8.83 Å². The topological polar surface area (TPSA) is 36.1 Å². The Labute approximate surface area is 309 Å². The SMILES string of the molecule is c1ccc2cc(-n3c(-c4cccc5c4oc4ccccc45)cc4c3cc(-c3cccc5c3oc3ccccc35)n4-c3ccc4ccccc4c3)ccc2c1. The Morgan fingerprint density at radius 1 is 0.315 bits per heavy atom. The lowest BCUT2D eigenvalue weighted by molar-refractivity contribution is 0.669. The molecule has 0 saturated heterocycles. The Morgan fingerprint density at radius 2 is 0.722 bits per heavy atom. The van der Waals surface area contributed by atoms with Crippen molar-refractivity contribution in [2.45, 2.75) is 0 Å². The first-order chi connectivity index (χ1) is 26.8. The first-order valence-corrected chi connectivity index (χ1v) is 18.3. The average Bonchev–Trinajstić information content (AvgIpc) is 3.99. The molecule has 0 aliphatic carbocycles. The van der Waals surface area contributed by atoms with Crippen LogP contribution in [-0.4, -0.2) is 9.13 Å². The van der Waals surface area contributed by atoms with Gasteiger partial charge in [-0.25, -0.2) is 0 Å². The molecule has 0 saturated carbocycles. The summed E-state index contributed by atoms with van der Waals surface area (Å²) >= 11 is 0. The van der Waals surface area contributed by atoms with Crippen LogP contribution in [0.4, 0.5) is 0 Å². The number of benzene rings is 8. The van der Waals surface area contributed by atoms with E-state index in [9.17, 15) is 0 Å². The number of furan rings is 2. The molecular weight excluding hydrogens is 661 g/mol. The monoisotopic (exact) mass is 690 g/mol. The summed E-state index contributed by atoms with van der Waals surface area (Å²) in [6.07, 6.45) is 0. The largest absolute Gasteiger partial charge is 0.455 e. The third kappa shape index (κ3) is 4.19. The van der Waals surface area contributed by atoms with Crippen LogP contribution in [0.5, 0.6) is 0 Å². The van der Waals surface area contributed by atoms with E-state index in [1.807, 2.05) is 12.1 Å². The highest BCUT2D eigenvalue weighted by Gasteiger charge is 2.25. The molecule has 4 nitrogen and oxygen atoms in total. The molecule has 0 aliphatic heterocycles. The summed E-state index contributed by atoms with van der Waals surface area (Å²) < 4.78 is 18.2. The smallest absolute Gasteiger partial charge is 0.144 e. The molecule has 0 aliphatic rings. The Morgan fingerprint density at radius 3 is 1.20 bits per heavy atom. The van der Waals surface area contributed by atoms with Crippen LogP contribution < -0.4 is 0 Å². The van der Waals surface area contributed by atoms with Gasteiger partial charge in [-0.3, -0.25) is 0 Å². The quantitative estimate of drug-likeness (QED) is 0.184. The zero-order valence-corrected chi connectivity index (χ0v) is 29.0. The Bertz CT molecular complexity index is 3230. The molecule has 12 aromatic rings. The maximum absolute atomic E-state index is 6.67. The van der Waals surface area contributed by atoms with Gasteiger partial charge in [0.2, 0.25) is 0 Å². The molecule has 54 heavy (non-hydrogen) atoms. The highest BCUT2D eigenvalue weighted by Crippen LogP contribution is 2.44. The van der Waals surface area contributed by atoms with Crippen LogP contribution in [0.2, 0.25) is 0 Å². The van der Waals surface area contributed by atoms with Crippen molar-refractivity contribution in [3.8, 4) is 33.9 Å². The van der Waals surface area contributed by atoms with E-state index in [1.165, 1.54) is 21.5 Å². The van der Waals surface area contributed by atoms with E-state index in [1.54, 1.807) is 0 Å². The van der Waals surface area contributed by atoms with E-state index in [4.69, 9.17) is 8.83 Å². The molecular formula is C50H30N2O2. The average molecular weight is 691 g/mol. The fourth-order valence-corrected chi connectivity index (χ4v) is 8.64. The molecule has 252 valence electrons. The predicted octanol–water partition coefficient (Wildman–Crippen LogP) is 13.9. The summed E-state index contributed by atoms with van der Waals surface area (Å²) in [5.41, 5.74) is 12.1. The number of nitrogens with zero attached hydrogens (tertiary/aromatic N) is 2. The summed E-state index contributed by atoms with van der Waals surface area (Å²) in [5.74, 6) is 0. The second kappa shape index (κ2) is 11.1. The van der Waals surface area contributed by atoms with Gasteiger partial charge in [0.15, 0.2) is 0 Å². The summed E-state index contributed by atoms with van der Waals surface area (Å²) in [6.45, 7) is 0. The van der Waals surface area contributed by atoms with Gasteiger partial charge in [-0.1, -0.05) is 121 Å². The van der Waals surface area contributed by atoms with E-state index in [-0.39, 0.29) is 0 Å². The first-order valence-electron chi connectivity index (χ1n) is 18.3. The van der Waals surface area contributed by atoms with Crippen molar-refractivity contribution in [1.29, 1.82) is 0 Å². The van der Waals surface area contributed by atoms with E-state index < -0.39 is 0 Å². The molecule has 0 fully saturated rings. The minimum atomic E-state index is 0.880. The molecule has 0 unspecified atom stereocenters. The highest BCUT2D eigenvalue weighted by atomic mass is 16.3. The normalized spacial score (nSPS) is 12.1. The molecule has 8 aromatic carbocycles. The molecule has 0 radical (unpaired) electrons. The molecule has 0 atom stereocenters. The third-order valence-electron chi connectivity index (χ3n) is 11.1.